The number of hydrogen-bond donors (Lipinski definition) is 3. The summed E-state index contributed by atoms with van der Waals surface area (Å²) in [4.78, 5) is 45.7. The molecule has 8 heteroatoms. The maximum atomic E-state index is 13.9. The molecule has 2 atom stereocenters. The van der Waals surface area contributed by atoms with E-state index in [0.29, 0.717) is 22.5 Å². The number of carboxylic acid groups (broad SMARTS) is 1. The third-order valence-corrected chi connectivity index (χ3v) is 11.3. The molecule has 8 bridgehead atoms. The number of carbonyl (C=O) groups is 2. The molecule has 3 aromatic heterocycles. The summed E-state index contributed by atoms with van der Waals surface area (Å²) in [6, 6.07) is 48.0. The Labute approximate surface area is 321 Å². The minimum atomic E-state index is -1.88. The van der Waals surface area contributed by atoms with E-state index in [1.807, 2.05) is 121 Å². The first-order chi connectivity index (χ1) is 27.5. The number of methoxy groups -OCH3 is 1. The van der Waals surface area contributed by atoms with Crippen molar-refractivity contribution in [3.05, 3.63) is 168 Å². The number of aliphatic carboxylic acids is 1. The molecular weight excluding hydrogens is 697 g/mol. The third kappa shape index (κ3) is 4.99. The Morgan fingerprint density at radius 3 is 1.20 bits per heavy atom. The highest BCUT2D eigenvalue weighted by molar-refractivity contribution is 6.09. The second kappa shape index (κ2) is 12.9. The van der Waals surface area contributed by atoms with Gasteiger partial charge in [-0.05, 0) is 58.7 Å². The van der Waals surface area contributed by atoms with Crippen molar-refractivity contribution in [3.8, 4) is 44.5 Å². The van der Waals surface area contributed by atoms with Crippen molar-refractivity contribution in [3.63, 3.8) is 0 Å². The molecule has 2 aliphatic heterocycles. The number of rotatable bonds is 6. The van der Waals surface area contributed by atoms with Crippen LogP contribution in [0.25, 0.3) is 78.7 Å². The van der Waals surface area contributed by atoms with E-state index in [2.05, 4.69) is 46.4 Å². The van der Waals surface area contributed by atoms with Crippen LogP contribution in [-0.4, -0.2) is 44.1 Å². The first-order valence-electron chi connectivity index (χ1n) is 18.5. The topological polar surface area (TPSA) is 121 Å². The second-order valence-electron chi connectivity index (χ2n) is 14.3. The zero-order valence-electron chi connectivity index (χ0n) is 30.2. The molecule has 5 heterocycles. The summed E-state index contributed by atoms with van der Waals surface area (Å²) < 4.78 is 5.32. The summed E-state index contributed by atoms with van der Waals surface area (Å²) in [5.41, 5.74) is 10.7. The van der Waals surface area contributed by atoms with Gasteiger partial charge in [-0.1, -0.05) is 121 Å². The largest absolute Gasteiger partial charge is 0.480 e. The van der Waals surface area contributed by atoms with Crippen molar-refractivity contribution in [2.75, 3.05) is 7.11 Å². The van der Waals surface area contributed by atoms with Gasteiger partial charge in [0.15, 0.2) is 5.41 Å². The van der Waals surface area contributed by atoms with E-state index in [9.17, 15) is 14.7 Å². The van der Waals surface area contributed by atoms with Crippen molar-refractivity contribution in [1.29, 1.82) is 0 Å². The van der Waals surface area contributed by atoms with E-state index < -0.39 is 29.2 Å². The number of aromatic amines is 2. The maximum Gasteiger partial charge on any atom is 0.324 e. The van der Waals surface area contributed by atoms with Crippen LogP contribution in [0.4, 0.5) is 0 Å². The fraction of sp³-hybridized carbons (Fsp3) is 0.0833. The summed E-state index contributed by atoms with van der Waals surface area (Å²) in [7, 11) is 1.25. The van der Waals surface area contributed by atoms with E-state index in [-0.39, 0.29) is 0 Å². The van der Waals surface area contributed by atoms with Gasteiger partial charge >= 0.3 is 11.9 Å². The van der Waals surface area contributed by atoms with E-state index in [1.54, 1.807) is 0 Å². The number of nitrogens with zero attached hydrogens (tertiary/aromatic N) is 2. The number of nitrogens with one attached hydrogen (secondary N) is 2. The Morgan fingerprint density at radius 2 is 0.857 bits per heavy atom. The first kappa shape index (κ1) is 33.3. The predicted molar refractivity (Wildman–Crippen MR) is 219 cm³/mol. The number of fused-ring (bicyclic) bond motifs is 11. The molecule has 0 spiro atoms. The van der Waals surface area contributed by atoms with Gasteiger partial charge in [0, 0.05) is 56.2 Å². The monoisotopic (exact) mass is 730 g/mol. The smallest absolute Gasteiger partial charge is 0.324 e. The van der Waals surface area contributed by atoms with Crippen molar-refractivity contribution in [2.45, 2.75) is 11.8 Å². The van der Waals surface area contributed by atoms with E-state index >= 15 is 0 Å². The van der Waals surface area contributed by atoms with Crippen molar-refractivity contribution < 1.29 is 19.4 Å². The highest BCUT2D eigenvalue weighted by Crippen LogP contribution is 2.74. The number of carbonyl (C=O) groups excluding carboxylic acids is 1. The fourth-order valence-electron chi connectivity index (χ4n) is 8.80. The van der Waals surface area contributed by atoms with Gasteiger partial charge in [-0.15, -0.1) is 0 Å². The van der Waals surface area contributed by atoms with Gasteiger partial charge in [-0.2, -0.15) is 0 Å². The van der Waals surface area contributed by atoms with Crippen LogP contribution >= 0.6 is 0 Å². The Balaban J connectivity index is 1.44. The minimum absolute atomic E-state index is 0.510. The van der Waals surface area contributed by atoms with Crippen molar-refractivity contribution >= 4 is 46.2 Å². The molecular formula is C48H34N4O4. The highest BCUT2D eigenvalue weighted by atomic mass is 16.5. The Kier molecular flexibility index (Phi) is 7.67. The van der Waals surface area contributed by atoms with Gasteiger partial charge in [0.25, 0.3) is 0 Å². The summed E-state index contributed by atoms with van der Waals surface area (Å²) >= 11 is 0. The second-order valence-corrected chi connectivity index (χ2v) is 14.3. The summed E-state index contributed by atoms with van der Waals surface area (Å²) in [6.45, 7) is 0. The van der Waals surface area contributed by atoms with E-state index in [4.69, 9.17) is 14.7 Å². The van der Waals surface area contributed by atoms with Gasteiger partial charge in [0.1, 0.15) is 0 Å². The van der Waals surface area contributed by atoms with Crippen LogP contribution in [0.2, 0.25) is 0 Å². The number of ether oxygens (including phenoxy) is 1. The molecule has 270 valence electrons. The highest BCUT2D eigenvalue weighted by Gasteiger charge is 2.80. The predicted octanol–water partition coefficient (Wildman–Crippen LogP) is 10.3. The minimum Gasteiger partial charge on any atom is -0.480 e. The van der Waals surface area contributed by atoms with Gasteiger partial charge in [-0.25, -0.2) is 4.98 Å². The standard InChI is InChI=1S/C48H34N4O4/c1-56-47(55)48(46(53)54)42-43(48)45-41(31-20-12-5-13-21-31)37-27-25-35(51-37)39(29-16-8-3-9-17-29)33-23-22-32(49-33)38(28-14-6-2-7-15-28)34-24-26-36(50-34)40(44(42)52-45)30-18-10-4-11-19-30/h2-27,42-43,50-51H,1H3,(H,53,54). The zero-order chi connectivity index (χ0) is 38.0. The van der Waals surface area contributed by atoms with Crippen LogP contribution in [0.3, 0.4) is 0 Å². The summed E-state index contributed by atoms with van der Waals surface area (Å²) in [6.07, 6.45) is 4.11. The molecule has 1 fully saturated rings. The molecule has 8 nitrogen and oxygen atoms in total. The van der Waals surface area contributed by atoms with Crippen LogP contribution in [0.15, 0.2) is 146 Å². The van der Waals surface area contributed by atoms with Gasteiger partial charge < -0.3 is 19.8 Å². The van der Waals surface area contributed by atoms with Gasteiger partial charge in [0.05, 0.1) is 29.9 Å². The Hall–Kier alpha value is -7.32. The molecule has 10 rings (SSSR count). The first-order valence-corrected chi connectivity index (χ1v) is 18.5. The Bertz CT molecular complexity index is 2720. The lowest BCUT2D eigenvalue weighted by molar-refractivity contribution is -0.159. The van der Waals surface area contributed by atoms with Crippen LogP contribution in [-0.2, 0) is 14.3 Å². The number of hydrogen-bond acceptors (Lipinski definition) is 5. The lowest BCUT2D eigenvalue weighted by atomic mass is 9.93. The lowest BCUT2D eigenvalue weighted by Gasteiger charge is -2.16. The lowest BCUT2D eigenvalue weighted by Crippen LogP contribution is -2.31. The quantitative estimate of drug-likeness (QED) is 0.116. The molecule has 2 unspecified atom stereocenters. The van der Waals surface area contributed by atoms with Crippen LogP contribution in [0.5, 0.6) is 0 Å². The fourth-order valence-corrected chi connectivity index (χ4v) is 8.80. The molecule has 3 aliphatic rings. The van der Waals surface area contributed by atoms with Gasteiger partial charge in [0.2, 0.25) is 0 Å². The third-order valence-electron chi connectivity index (χ3n) is 11.3. The number of benzene rings is 4. The zero-order valence-corrected chi connectivity index (χ0v) is 30.2. The summed E-state index contributed by atoms with van der Waals surface area (Å²) in [5.74, 6) is -3.63. The molecule has 0 amide bonds. The molecule has 0 radical (unpaired) electrons. The molecule has 4 aromatic carbocycles. The van der Waals surface area contributed by atoms with E-state index in [0.717, 1.165) is 66.8 Å². The maximum absolute atomic E-state index is 13.9. The van der Waals surface area contributed by atoms with Crippen molar-refractivity contribution in [2.24, 2.45) is 5.41 Å². The molecule has 0 saturated heterocycles. The average molecular weight is 731 g/mol. The van der Waals surface area contributed by atoms with Crippen molar-refractivity contribution in [1.82, 2.24) is 19.9 Å². The molecule has 56 heavy (non-hydrogen) atoms. The average Bonchev–Trinajstić information content (AvgIpc) is 3.83. The number of esters is 1. The van der Waals surface area contributed by atoms with Crippen LogP contribution in [0.1, 0.15) is 34.6 Å². The Morgan fingerprint density at radius 1 is 0.518 bits per heavy atom. The molecule has 1 aliphatic carbocycles. The number of aromatic nitrogens is 4. The number of H-pyrrole nitrogens is 2. The molecule has 1 saturated carbocycles. The number of carboxylic acids is 1. The van der Waals surface area contributed by atoms with E-state index in [1.165, 1.54) is 7.11 Å². The van der Waals surface area contributed by atoms with Crippen LogP contribution < -0.4 is 0 Å². The molecule has 7 aromatic rings. The SMILES string of the molecule is COC(=O)C1(C(=O)O)C2c3nc(c(-c4ccccc4)c4ccc([nH]4)c(-c4ccccc4)c4nc(c(-c5ccccc5)c5ccc([nH]5)c3-c3ccccc3)C=C4)C21. The van der Waals surface area contributed by atoms with Crippen LogP contribution in [0, 0.1) is 5.41 Å². The van der Waals surface area contributed by atoms with Gasteiger partial charge in [-0.3, -0.25) is 14.6 Å². The normalized spacial score (nSPS) is 17.9. The summed E-state index contributed by atoms with van der Waals surface area (Å²) in [5, 5.41) is 11.1. The molecule has 3 N–H and O–H groups in total.